The summed E-state index contributed by atoms with van der Waals surface area (Å²) in [5.41, 5.74) is 2.51. The highest BCUT2D eigenvalue weighted by Gasteiger charge is 2.11. The van der Waals surface area contributed by atoms with Crippen molar-refractivity contribution < 1.29 is 9.53 Å². The van der Waals surface area contributed by atoms with E-state index in [-0.39, 0.29) is 5.78 Å². The molecular formula is C14H11NO2. The molecule has 2 aromatic rings. The average molecular weight is 225 g/mol. The van der Waals surface area contributed by atoms with Crippen molar-refractivity contribution in [2.75, 3.05) is 6.61 Å². The number of ether oxygens (including phenoxy) is 1. The molecule has 0 saturated carbocycles. The molecule has 0 fully saturated rings. The predicted octanol–water partition coefficient (Wildman–Crippen LogP) is 2.84. The standard InChI is InChI=1S/C14H11NO2/c1-9(16)11-7-10-4-5-13-12(3-2-6-17-13)14(10)15-8-11/h2-5,7-8H,6H2,1H3. The first-order valence-corrected chi connectivity index (χ1v) is 5.49. The molecule has 1 aliphatic rings. The molecule has 1 aliphatic heterocycles. The number of pyridine rings is 1. The SMILES string of the molecule is CC(=O)c1cnc2c3c(ccc2c1)OCC=C3. The van der Waals surface area contributed by atoms with E-state index < -0.39 is 0 Å². The molecule has 3 nitrogen and oxygen atoms in total. The van der Waals surface area contributed by atoms with Crippen LogP contribution in [0.4, 0.5) is 0 Å². The summed E-state index contributed by atoms with van der Waals surface area (Å²) in [6.07, 6.45) is 5.59. The van der Waals surface area contributed by atoms with Crippen molar-refractivity contribution in [3.63, 3.8) is 0 Å². The summed E-state index contributed by atoms with van der Waals surface area (Å²) in [4.78, 5) is 15.7. The molecule has 0 amide bonds. The number of nitrogens with zero attached hydrogens (tertiary/aromatic N) is 1. The number of Topliss-reactive ketones (excluding diaryl/α,β-unsaturated/α-hetero) is 1. The van der Waals surface area contributed by atoms with Crippen LogP contribution in [0.3, 0.4) is 0 Å². The number of benzene rings is 1. The van der Waals surface area contributed by atoms with Crippen LogP contribution < -0.4 is 4.74 Å². The van der Waals surface area contributed by atoms with Gasteiger partial charge in [0.25, 0.3) is 0 Å². The third-order valence-corrected chi connectivity index (χ3v) is 2.88. The van der Waals surface area contributed by atoms with E-state index in [0.29, 0.717) is 12.2 Å². The minimum Gasteiger partial charge on any atom is -0.489 e. The highest BCUT2D eigenvalue weighted by atomic mass is 16.5. The minimum atomic E-state index is 0.0314. The Morgan fingerprint density at radius 2 is 2.29 bits per heavy atom. The molecule has 0 atom stereocenters. The van der Waals surface area contributed by atoms with Crippen molar-refractivity contribution in [3.8, 4) is 5.75 Å². The Labute approximate surface area is 98.7 Å². The van der Waals surface area contributed by atoms with Crippen LogP contribution in [0, 0.1) is 0 Å². The number of aromatic nitrogens is 1. The fourth-order valence-electron chi connectivity index (χ4n) is 1.99. The van der Waals surface area contributed by atoms with Crippen LogP contribution in [0.5, 0.6) is 5.75 Å². The Balaban J connectivity index is 2.29. The Morgan fingerprint density at radius 3 is 3.12 bits per heavy atom. The zero-order valence-electron chi connectivity index (χ0n) is 9.43. The number of rotatable bonds is 1. The Kier molecular flexibility index (Phi) is 2.18. The smallest absolute Gasteiger partial charge is 0.161 e. The van der Waals surface area contributed by atoms with Gasteiger partial charge >= 0.3 is 0 Å². The topological polar surface area (TPSA) is 39.2 Å². The normalized spacial score (nSPS) is 13.2. The van der Waals surface area contributed by atoms with Gasteiger partial charge in [-0.15, -0.1) is 0 Å². The number of carbonyl (C=O) groups excluding carboxylic acids is 1. The number of ketones is 1. The first kappa shape index (κ1) is 10.0. The lowest BCUT2D eigenvalue weighted by molar-refractivity contribution is 0.101. The summed E-state index contributed by atoms with van der Waals surface area (Å²) in [6, 6.07) is 5.73. The molecule has 3 rings (SSSR count). The van der Waals surface area contributed by atoms with Crippen LogP contribution in [0.15, 0.2) is 30.5 Å². The molecule has 0 spiro atoms. The maximum atomic E-state index is 11.3. The molecule has 1 aromatic heterocycles. The first-order chi connectivity index (χ1) is 8.25. The van der Waals surface area contributed by atoms with E-state index in [0.717, 1.165) is 22.2 Å². The molecule has 0 saturated heterocycles. The monoisotopic (exact) mass is 225 g/mol. The zero-order valence-corrected chi connectivity index (χ0v) is 9.43. The summed E-state index contributed by atoms with van der Waals surface area (Å²) in [5.74, 6) is 0.881. The van der Waals surface area contributed by atoms with Crippen molar-refractivity contribution in [2.45, 2.75) is 6.92 Å². The fraction of sp³-hybridized carbons (Fsp3) is 0.143. The summed E-state index contributed by atoms with van der Waals surface area (Å²) >= 11 is 0. The van der Waals surface area contributed by atoms with Crippen LogP contribution >= 0.6 is 0 Å². The maximum absolute atomic E-state index is 11.3. The van der Waals surface area contributed by atoms with E-state index in [1.165, 1.54) is 0 Å². The Bertz CT molecular complexity index is 644. The molecule has 0 radical (unpaired) electrons. The third kappa shape index (κ3) is 1.60. The summed E-state index contributed by atoms with van der Waals surface area (Å²) in [5, 5.41) is 0.964. The largest absolute Gasteiger partial charge is 0.489 e. The van der Waals surface area contributed by atoms with Gasteiger partial charge in [0.05, 0.1) is 5.52 Å². The Morgan fingerprint density at radius 1 is 1.41 bits per heavy atom. The summed E-state index contributed by atoms with van der Waals surface area (Å²) in [6.45, 7) is 2.15. The molecule has 1 aromatic carbocycles. The van der Waals surface area contributed by atoms with Crippen molar-refractivity contribution in [1.82, 2.24) is 4.98 Å². The maximum Gasteiger partial charge on any atom is 0.161 e. The first-order valence-electron chi connectivity index (χ1n) is 5.49. The second kappa shape index (κ2) is 3.70. The van der Waals surface area contributed by atoms with E-state index in [1.54, 1.807) is 13.1 Å². The zero-order chi connectivity index (χ0) is 11.8. The molecule has 17 heavy (non-hydrogen) atoms. The van der Waals surface area contributed by atoms with Gasteiger partial charge in [-0.05, 0) is 37.3 Å². The minimum absolute atomic E-state index is 0.0314. The molecule has 0 N–H and O–H groups in total. The van der Waals surface area contributed by atoms with Gasteiger partial charge in [-0.3, -0.25) is 9.78 Å². The van der Waals surface area contributed by atoms with E-state index in [4.69, 9.17) is 4.74 Å². The lowest BCUT2D eigenvalue weighted by Gasteiger charge is -2.13. The number of hydrogen-bond acceptors (Lipinski definition) is 3. The third-order valence-electron chi connectivity index (χ3n) is 2.88. The highest BCUT2D eigenvalue weighted by Crippen LogP contribution is 2.30. The molecule has 84 valence electrons. The van der Waals surface area contributed by atoms with E-state index >= 15 is 0 Å². The van der Waals surface area contributed by atoms with E-state index in [1.807, 2.05) is 30.4 Å². The van der Waals surface area contributed by atoms with Gasteiger partial charge in [-0.25, -0.2) is 0 Å². The summed E-state index contributed by atoms with van der Waals surface area (Å²) < 4.78 is 5.52. The van der Waals surface area contributed by atoms with Crippen molar-refractivity contribution in [1.29, 1.82) is 0 Å². The van der Waals surface area contributed by atoms with Crippen molar-refractivity contribution in [3.05, 3.63) is 41.6 Å². The van der Waals surface area contributed by atoms with Gasteiger partial charge in [-0.2, -0.15) is 0 Å². The van der Waals surface area contributed by atoms with Gasteiger partial charge in [-0.1, -0.05) is 0 Å². The van der Waals surface area contributed by atoms with Gasteiger partial charge < -0.3 is 4.74 Å². The quantitative estimate of drug-likeness (QED) is 0.700. The molecule has 0 aliphatic carbocycles. The molecule has 0 unspecified atom stereocenters. The predicted molar refractivity (Wildman–Crippen MR) is 66.3 cm³/mol. The van der Waals surface area contributed by atoms with Crippen LogP contribution in [0.1, 0.15) is 22.8 Å². The lowest BCUT2D eigenvalue weighted by Crippen LogP contribution is -2.02. The lowest BCUT2D eigenvalue weighted by atomic mass is 10.0. The van der Waals surface area contributed by atoms with E-state index in [9.17, 15) is 4.79 Å². The van der Waals surface area contributed by atoms with Crippen LogP contribution in [0.25, 0.3) is 17.0 Å². The molecule has 3 heteroatoms. The number of hydrogen-bond donors (Lipinski definition) is 0. The molecular weight excluding hydrogens is 214 g/mol. The van der Waals surface area contributed by atoms with Gasteiger partial charge in [0.2, 0.25) is 0 Å². The number of fused-ring (bicyclic) bond motifs is 3. The highest BCUT2D eigenvalue weighted by molar-refractivity contribution is 5.99. The molecule has 2 heterocycles. The van der Waals surface area contributed by atoms with Crippen LogP contribution in [-0.2, 0) is 0 Å². The summed E-state index contributed by atoms with van der Waals surface area (Å²) in [7, 11) is 0. The van der Waals surface area contributed by atoms with Crippen LogP contribution in [0.2, 0.25) is 0 Å². The van der Waals surface area contributed by atoms with Gasteiger partial charge in [0.1, 0.15) is 12.4 Å². The molecule has 0 bridgehead atoms. The second-order valence-corrected chi connectivity index (χ2v) is 4.04. The Hall–Kier alpha value is -2.16. The number of carbonyl (C=O) groups is 1. The van der Waals surface area contributed by atoms with Crippen LogP contribution in [-0.4, -0.2) is 17.4 Å². The second-order valence-electron chi connectivity index (χ2n) is 4.04. The van der Waals surface area contributed by atoms with Gasteiger partial charge in [0.15, 0.2) is 5.78 Å². The average Bonchev–Trinajstić information content (AvgIpc) is 2.38. The van der Waals surface area contributed by atoms with Crippen molar-refractivity contribution >= 4 is 22.8 Å². The van der Waals surface area contributed by atoms with E-state index in [2.05, 4.69) is 4.98 Å². The fourth-order valence-corrected chi connectivity index (χ4v) is 1.99. The van der Waals surface area contributed by atoms with Gasteiger partial charge in [0, 0.05) is 22.7 Å². The van der Waals surface area contributed by atoms with Crippen molar-refractivity contribution in [2.24, 2.45) is 0 Å².